The van der Waals surface area contributed by atoms with Gasteiger partial charge in [-0.1, -0.05) is 31.2 Å². The van der Waals surface area contributed by atoms with Crippen LogP contribution in [-0.2, 0) is 6.42 Å². The Labute approximate surface area is 119 Å². The second kappa shape index (κ2) is 6.67. The van der Waals surface area contributed by atoms with E-state index in [9.17, 15) is 0 Å². The van der Waals surface area contributed by atoms with Crippen molar-refractivity contribution in [2.24, 2.45) is 0 Å². The summed E-state index contributed by atoms with van der Waals surface area (Å²) >= 11 is 5.69. The summed E-state index contributed by atoms with van der Waals surface area (Å²) in [6.07, 6.45) is 1.77. The van der Waals surface area contributed by atoms with Crippen molar-refractivity contribution in [1.82, 2.24) is 0 Å². The molecule has 0 saturated carbocycles. The van der Waals surface area contributed by atoms with Crippen molar-refractivity contribution in [3.63, 3.8) is 0 Å². The average Bonchev–Trinajstić information content (AvgIpc) is 2.46. The average molecular weight is 279 g/mol. The highest BCUT2D eigenvalue weighted by Crippen LogP contribution is 2.36. The maximum absolute atomic E-state index is 5.86. The van der Waals surface area contributed by atoms with Crippen LogP contribution in [0.3, 0.4) is 0 Å². The largest absolute Gasteiger partial charge is 0.496 e. The summed E-state index contributed by atoms with van der Waals surface area (Å²) in [5, 5.41) is 2.19. The van der Waals surface area contributed by atoms with E-state index in [0.717, 1.165) is 35.1 Å². The van der Waals surface area contributed by atoms with Crippen LogP contribution in [0.15, 0.2) is 30.3 Å². The van der Waals surface area contributed by atoms with Crippen molar-refractivity contribution >= 4 is 22.4 Å². The van der Waals surface area contributed by atoms with Gasteiger partial charge in [-0.15, -0.1) is 11.6 Å². The number of hydrogen-bond donors (Lipinski definition) is 0. The molecule has 2 nitrogen and oxygen atoms in total. The van der Waals surface area contributed by atoms with E-state index >= 15 is 0 Å². The van der Waals surface area contributed by atoms with Crippen LogP contribution in [0.2, 0.25) is 0 Å². The molecule has 0 heterocycles. The highest BCUT2D eigenvalue weighted by atomic mass is 35.5. The number of rotatable bonds is 6. The van der Waals surface area contributed by atoms with Gasteiger partial charge in [0.2, 0.25) is 0 Å². The van der Waals surface area contributed by atoms with Crippen LogP contribution in [0, 0.1) is 0 Å². The van der Waals surface area contributed by atoms with E-state index in [1.165, 1.54) is 5.56 Å². The molecule has 0 amide bonds. The van der Waals surface area contributed by atoms with Gasteiger partial charge in [-0.3, -0.25) is 0 Å². The van der Waals surface area contributed by atoms with Gasteiger partial charge in [0.25, 0.3) is 0 Å². The fourth-order valence-electron chi connectivity index (χ4n) is 2.23. The summed E-state index contributed by atoms with van der Waals surface area (Å²) in [7, 11) is 1.72. The third-order valence-corrected chi connectivity index (χ3v) is 3.42. The second-order valence-corrected chi connectivity index (χ2v) is 4.74. The summed E-state index contributed by atoms with van der Waals surface area (Å²) < 4.78 is 11.4. The molecule has 0 aliphatic rings. The summed E-state index contributed by atoms with van der Waals surface area (Å²) in [5.74, 6) is 2.48. The highest BCUT2D eigenvalue weighted by Gasteiger charge is 2.12. The molecule has 0 unspecified atom stereocenters. The van der Waals surface area contributed by atoms with Crippen molar-refractivity contribution < 1.29 is 9.47 Å². The lowest BCUT2D eigenvalue weighted by Gasteiger charge is -2.15. The van der Waals surface area contributed by atoms with Crippen LogP contribution in [0.25, 0.3) is 10.8 Å². The lowest BCUT2D eigenvalue weighted by molar-refractivity contribution is 0.321. The molecule has 0 saturated heterocycles. The van der Waals surface area contributed by atoms with Gasteiger partial charge in [0, 0.05) is 16.7 Å². The Bertz CT molecular complexity index is 552. The molecule has 0 aromatic heterocycles. The molecule has 0 atom stereocenters. The smallest absolute Gasteiger partial charge is 0.130 e. The Balaban J connectivity index is 2.50. The van der Waals surface area contributed by atoms with Crippen molar-refractivity contribution in [3.8, 4) is 11.5 Å². The third kappa shape index (κ3) is 2.95. The molecule has 102 valence electrons. The topological polar surface area (TPSA) is 18.5 Å². The first kappa shape index (κ1) is 14.0. The predicted octanol–water partition coefficient (Wildman–Crippen LogP) is 4.42. The standard InChI is InChI=1S/C16H19ClO2/c1-3-12-11-15(19-10-6-9-17)13-7-4-5-8-14(13)16(12)18-2/h4-5,7-8,11H,3,6,9-10H2,1-2H3. The number of hydrogen-bond acceptors (Lipinski definition) is 2. The molecule has 0 aliphatic carbocycles. The minimum Gasteiger partial charge on any atom is -0.496 e. The molecule has 0 spiro atoms. The van der Waals surface area contributed by atoms with Gasteiger partial charge in [-0.05, 0) is 24.5 Å². The van der Waals surface area contributed by atoms with Crippen molar-refractivity contribution in [3.05, 3.63) is 35.9 Å². The lowest BCUT2D eigenvalue weighted by Crippen LogP contribution is -2.00. The van der Waals surface area contributed by atoms with Gasteiger partial charge >= 0.3 is 0 Å². The number of fused-ring (bicyclic) bond motifs is 1. The van der Waals surface area contributed by atoms with Gasteiger partial charge in [0.05, 0.1) is 13.7 Å². The Morgan fingerprint density at radius 2 is 1.89 bits per heavy atom. The molecular weight excluding hydrogens is 260 g/mol. The van der Waals surface area contributed by atoms with E-state index in [0.29, 0.717) is 12.5 Å². The maximum Gasteiger partial charge on any atom is 0.130 e. The molecular formula is C16H19ClO2. The quantitative estimate of drug-likeness (QED) is 0.575. The highest BCUT2D eigenvalue weighted by molar-refractivity contribution is 6.17. The van der Waals surface area contributed by atoms with E-state index < -0.39 is 0 Å². The van der Waals surface area contributed by atoms with Crippen LogP contribution in [0.5, 0.6) is 11.5 Å². The summed E-state index contributed by atoms with van der Waals surface area (Å²) in [5.41, 5.74) is 1.17. The summed E-state index contributed by atoms with van der Waals surface area (Å²) in [6, 6.07) is 10.2. The third-order valence-electron chi connectivity index (χ3n) is 3.15. The van der Waals surface area contributed by atoms with Crippen LogP contribution >= 0.6 is 11.6 Å². The molecule has 0 N–H and O–H groups in total. The van der Waals surface area contributed by atoms with Gasteiger partial charge < -0.3 is 9.47 Å². The second-order valence-electron chi connectivity index (χ2n) is 4.36. The van der Waals surface area contributed by atoms with E-state index in [4.69, 9.17) is 21.1 Å². The summed E-state index contributed by atoms with van der Waals surface area (Å²) in [6.45, 7) is 2.76. The van der Waals surface area contributed by atoms with Gasteiger partial charge in [-0.2, -0.15) is 0 Å². The minimum absolute atomic E-state index is 0.620. The number of alkyl halides is 1. The number of aryl methyl sites for hydroxylation is 1. The molecule has 2 rings (SSSR count). The first-order valence-corrected chi connectivity index (χ1v) is 7.12. The first-order chi connectivity index (χ1) is 9.31. The SMILES string of the molecule is CCc1cc(OCCCCl)c2ccccc2c1OC. The zero-order valence-corrected chi connectivity index (χ0v) is 12.2. The Hall–Kier alpha value is -1.41. The van der Waals surface area contributed by atoms with Crippen LogP contribution < -0.4 is 9.47 Å². The lowest BCUT2D eigenvalue weighted by atomic mass is 10.0. The molecule has 2 aromatic rings. The Kier molecular flexibility index (Phi) is 4.92. The van der Waals surface area contributed by atoms with Crippen LogP contribution in [0.4, 0.5) is 0 Å². The molecule has 2 aromatic carbocycles. The Morgan fingerprint density at radius 3 is 2.53 bits per heavy atom. The van der Waals surface area contributed by atoms with Crippen molar-refractivity contribution in [2.45, 2.75) is 19.8 Å². The van der Waals surface area contributed by atoms with Crippen molar-refractivity contribution in [2.75, 3.05) is 19.6 Å². The zero-order valence-electron chi connectivity index (χ0n) is 11.4. The van der Waals surface area contributed by atoms with E-state index in [2.05, 4.69) is 25.1 Å². The van der Waals surface area contributed by atoms with E-state index in [-0.39, 0.29) is 0 Å². The molecule has 19 heavy (non-hydrogen) atoms. The number of halogens is 1. The maximum atomic E-state index is 5.86. The van der Waals surface area contributed by atoms with Crippen molar-refractivity contribution in [1.29, 1.82) is 0 Å². The summed E-state index contributed by atoms with van der Waals surface area (Å²) in [4.78, 5) is 0. The fraction of sp³-hybridized carbons (Fsp3) is 0.375. The number of benzene rings is 2. The zero-order chi connectivity index (χ0) is 13.7. The Morgan fingerprint density at radius 1 is 1.16 bits per heavy atom. The van der Waals surface area contributed by atoms with Gasteiger partial charge in [-0.25, -0.2) is 0 Å². The number of ether oxygens (including phenoxy) is 2. The predicted molar refractivity (Wildman–Crippen MR) is 80.7 cm³/mol. The van der Waals surface area contributed by atoms with Crippen LogP contribution in [0.1, 0.15) is 18.9 Å². The molecule has 0 aliphatic heterocycles. The molecule has 3 heteroatoms. The van der Waals surface area contributed by atoms with Crippen LogP contribution in [-0.4, -0.2) is 19.6 Å². The normalized spacial score (nSPS) is 10.7. The molecule has 0 radical (unpaired) electrons. The monoisotopic (exact) mass is 278 g/mol. The minimum atomic E-state index is 0.620. The van der Waals surface area contributed by atoms with Gasteiger partial charge in [0.15, 0.2) is 0 Å². The fourth-order valence-corrected chi connectivity index (χ4v) is 2.34. The van der Waals surface area contributed by atoms with E-state index in [1.807, 2.05) is 12.1 Å². The van der Waals surface area contributed by atoms with E-state index in [1.54, 1.807) is 7.11 Å². The first-order valence-electron chi connectivity index (χ1n) is 6.59. The molecule has 0 bridgehead atoms. The molecule has 0 fully saturated rings. The van der Waals surface area contributed by atoms with Gasteiger partial charge in [0.1, 0.15) is 11.5 Å². The number of methoxy groups -OCH3 is 1.